The number of aliphatic hydroxyl groups excluding tert-OH is 1. The summed E-state index contributed by atoms with van der Waals surface area (Å²) < 4.78 is 11.3. The molecule has 124 valence electrons. The Morgan fingerprint density at radius 2 is 1.82 bits per heavy atom. The van der Waals surface area contributed by atoms with Gasteiger partial charge in [-0.05, 0) is 25.2 Å². The second kappa shape index (κ2) is 9.64. The number of carboxylic acids is 1. The standard InChI is InChI=1S/C8H19NO3Si.C6H5NO2/c1-13(2)11-7-4-9(3-6-10)5-8-12-13;8-6(9)5-1-3-7-4-2-5/h10H,3-8H2,1-2H3;1-4H,(H,8,9). The first-order chi connectivity index (χ1) is 10.4. The van der Waals surface area contributed by atoms with Crippen molar-refractivity contribution in [1.29, 1.82) is 0 Å². The van der Waals surface area contributed by atoms with Gasteiger partial charge in [-0.15, -0.1) is 0 Å². The summed E-state index contributed by atoms with van der Waals surface area (Å²) in [6.07, 6.45) is 2.90. The lowest BCUT2D eigenvalue weighted by Gasteiger charge is -2.30. The number of nitrogens with zero attached hydrogens (tertiary/aromatic N) is 2. The van der Waals surface area contributed by atoms with Crippen molar-refractivity contribution >= 4 is 14.5 Å². The first kappa shape index (κ1) is 18.7. The van der Waals surface area contributed by atoms with Crippen molar-refractivity contribution in [2.24, 2.45) is 0 Å². The minimum Gasteiger partial charge on any atom is -0.478 e. The van der Waals surface area contributed by atoms with Gasteiger partial charge in [0.1, 0.15) is 0 Å². The lowest BCUT2D eigenvalue weighted by Crippen LogP contribution is -2.44. The van der Waals surface area contributed by atoms with Gasteiger partial charge in [-0.1, -0.05) is 0 Å². The van der Waals surface area contributed by atoms with E-state index in [4.69, 9.17) is 19.1 Å². The first-order valence-electron chi connectivity index (χ1n) is 7.19. The van der Waals surface area contributed by atoms with Crippen molar-refractivity contribution in [3.8, 4) is 0 Å². The van der Waals surface area contributed by atoms with Gasteiger partial charge >= 0.3 is 14.5 Å². The summed E-state index contributed by atoms with van der Waals surface area (Å²) in [5.74, 6) is -0.919. The Morgan fingerprint density at radius 3 is 2.23 bits per heavy atom. The molecule has 1 fully saturated rings. The second-order valence-electron chi connectivity index (χ2n) is 5.20. The maximum atomic E-state index is 10.2. The number of aromatic nitrogens is 1. The number of aromatic carboxylic acids is 1. The molecule has 1 saturated heterocycles. The van der Waals surface area contributed by atoms with Crippen LogP contribution in [0.3, 0.4) is 0 Å². The Bertz CT molecular complexity index is 432. The van der Waals surface area contributed by atoms with E-state index in [0.29, 0.717) is 6.54 Å². The molecule has 0 amide bonds. The van der Waals surface area contributed by atoms with Crippen LogP contribution < -0.4 is 0 Å². The van der Waals surface area contributed by atoms with Crippen molar-refractivity contribution in [3.63, 3.8) is 0 Å². The third-order valence-corrected chi connectivity index (χ3v) is 4.86. The summed E-state index contributed by atoms with van der Waals surface area (Å²) in [4.78, 5) is 16.0. The van der Waals surface area contributed by atoms with E-state index in [1.807, 2.05) is 0 Å². The van der Waals surface area contributed by atoms with Crippen LogP contribution in [0.25, 0.3) is 0 Å². The monoisotopic (exact) mass is 328 g/mol. The number of pyridine rings is 1. The fourth-order valence-corrected chi connectivity index (χ4v) is 3.10. The Kier molecular flexibility index (Phi) is 8.21. The van der Waals surface area contributed by atoms with Gasteiger partial charge in [0.2, 0.25) is 0 Å². The zero-order valence-electron chi connectivity index (χ0n) is 13.1. The van der Waals surface area contributed by atoms with Crippen LogP contribution in [-0.2, 0) is 8.85 Å². The largest absolute Gasteiger partial charge is 0.478 e. The summed E-state index contributed by atoms with van der Waals surface area (Å²) >= 11 is 0. The van der Waals surface area contributed by atoms with Crippen LogP contribution in [0.2, 0.25) is 13.1 Å². The predicted molar refractivity (Wildman–Crippen MR) is 84.1 cm³/mol. The third kappa shape index (κ3) is 7.62. The van der Waals surface area contributed by atoms with Crippen molar-refractivity contribution in [1.82, 2.24) is 9.88 Å². The molecule has 1 aromatic heterocycles. The molecule has 8 heteroatoms. The maximum absolute atomic E-state index is 10.2. The van der Waals surface area contributed by atoms with E-state index in [0.717, 1.165) is 26.3 Å². The number of carboxylic acid groups (broad SMARTS) is 1. The fourth-order valence-electron chi connectivity index (χ4n) is 1.85. The highest BCUT2D eigenvalue weighted by molar-refractivity contribution is 6.64. The van der Waals surface area contributed by atoms with E-state index < -0.39 is 14.5 Å². The predicted octanol–water partition coefficient (Wildman–Crippen LogP) is 0.809. The maximum Gasteiger partial charge on any atom is 0.335 e. The van der Waals surface area contributed by atoms with Crippen LogP contribution in [0.1, 0.15) is 10.4 Å². The number of rotatable bonds is 3. The molecule has 0 bridgehead atoms. The topological polar surface area (TPSA) is 92.1 Å². The second-order valence-corrected chi connectivity index (χ2v) is 8.58. The number of aliphatic hydroxyl groups is 1. The molecule has 0 unspecified atom stereocenters. The van der Waals surface area contributed by atoms with Crippen LogP contribution in [-0.4, -0.2) is 74.1 Å². The number of β-amino-alcohol motifs (C(OH)–C–C–N with tert-alkyl or cyclic N) is 1. The molecule has 2 rings (SSSR count). The summed E-state index contributed by atoms with van der Waals surface area (Å²) in [7, 11) is -1.81. The van der Waals surface area contributed by atoms with Crippen LogP contribution in [0.4, 0.5) is 0 Å². The molecule has 22 heavy (non-hydrogen) atoms. The Balaban J connectivity index is 0.000000235. The molecule has 0 aromatic carbocycles. The zero-order chi connectivity index (χ0) is 16.4. The molecule has 7 nitrogen and oxygen atoms in total. The van der Waals surface area contributed by atoms with E-state index in [-0.39, 0.29) is 12.2 Å². The first-order valence-corrected chi connectivity index (χ1v) is 10.0. The van der Waals surface area contributed by atoms with Gasteiger partial charge in [0.15, 0.2) is 0 Å². The Labute approximate surface area is 131 Å². The van der Waals surface area contributed by atoms with E-state index in [1.54, 1.807) is 0 Å². The average Bonchev–Trinajstić information content (AvgIpc) is 2.47. The minimum atomic E-state index is -1.81. The number of hydrogen-bond acceptors (Lipinski definition) is 6. The van der Waals surface area contributed by atoms with Crippen LogP contribution in [0.5, 0.6) is 0 Å². The van der Waals surface area contributed by atoms with E-state index in [9.17, 15) is 4.79 Å². The molecule has 2 N–H and O–H groups in total. The normalized spacial score (nSPS) is 18.5. The van der Waals surface area contributed by atoms with Gasteiger partial charge in [-0.2, -0.15) is 0 Å². The highest BCUT2D eigenvalue weighted by Gasteiger charge is 2.26. The number of hydrogen-bond donors (Lipinski definition) is 2. The van der Waals surface area contributed by atoms with Gasteiger partial charge in [0.25, 0.3) is 0 Å². The molecule has 0 aliphatic carbocycles. The molecule has 0 atom stereocenters. The molecular formula is C14H24N2O5Si. The quantitative estimate of drug-likeness (QED) is 0.793. The zero-order valence-corrected chi connectivity index (χ0v) is 14.1. The molecule has 1 aliphatic rings. The molecule has 0 radical (unpaired) electrons. The Hall–Kier alpha value is -1.32. The highest BCUT2D eigenvalue weighted by atomic mass is 28.4. The van der Waals surface area contributed by atoms with E-state index >= 15 is 0 Å². The molecule has 0 saturated carbocycles. The SMILES string of the molecule is C[Si]1(C)OCCN(CCO)CCO1.O=C(O)c1ccncc1. The summed E-state index contributed by atoms with van der Waals surface area (Å²) in [5.41, 5.74) is 0.269. The lowest BCUT2D eigenvalue weighted by molar-refractivity contribution is 0.0696. The smallest absolute Gasteiger partial charge is 0.335 e. The van der Waals surface area contributed by atoms with Gasteiger partial charge in [0, 0.05) is 45.2 Å². The lowest BCUT2D eigenvalue weighted by atomic mass is 10.3. The van der Waals surface area contributed by atoms with Gasteiger partial charge in [0.05, 0.1) is 12.2 Å². The van der Waals surface area contributed by atoms with Crippen molar-refractivity contribution < 1.29 is 23.9 Å². The number of carbonyl (C=O) groups is 1. The summed E-state index contributed by atoms with van der Waals surface area (Å²) in [5, 5.41) is 17.1. The van der Waals surface area contributed by atoms with E-state index in [2.05, 4.69) is 23.0 Å². The molecule has 1 aromatic rings. The van der Waals surface area contributed by atoms with Crippen LogP contribution in [0, 0.1) is 0 Å². The van der Waals surface area contributed by atoms with Crippen molar-refractivity contribution in [3.05, 3.63) is 30.1 Å². The average molecular weight is 328 g/mol. The third-order valence-electron chi connectivity index (χ3n) is 3.06. The van der Waals surface area contributed by atoms with Crippen LogP contribution in [0.15, 0.2) is 24.5 Å². The van der Waals surface area contributed by atoms with Gasteiger partial charge in [-0.25, -0.2) is 4.79 Å². The van der Waals surface area contributed by atoms with Crippen LogP contribution >= 0.6 is 0 Å². The molecule has 0 spiro atoms. The van der Waals surface area contributed by atoms with Crippen molar-refractivity contribution in [2.75, 3.05) is 39.5 Å². The molecule has 2 heterocycles. The fraction of sp³-hybridized carbons (Fsp3) is 0.571. The summed E-state index contributed by atoms with van der Waals surface area (Å²) in [6.45, 7) is 8.30. The highest BCUT2D eigenvalue weighted by Crippen LogP contribution is 2.08. The molecular weight excluding hydrogens is 304 g/mol. The summed E-state index contributed by atoms with van der Waals surface area (Å²) in [6, 6.07) is 2.89. The molecule has 1 aliphatic heterocycles. The Morgan fingerprint density at radius 1 is 1.27 bits per heavy atom. The van der Waals surface area contributed by atoms with E-state index in [1.165, 1.54) is 24.5 Å². The minimum absolute atomic E-state index is 0.209. The van der Waals surface area contributed by atoms with Gasteiger partial charge < -0.3 is 19.1 Å². The van der Waals surface area contributed by atoms with Gasteiger partial charge in [-0.3, -0.25) is 9.88 Å². The van der Waals surface area contributed by atoms with Crippen molar-refractivity contribution in [2.45, 2.75) is 13.1 Å².